The Labute approximate surface area is 215 Å². The summed E-state index contributed by atoms with van der Waals surface area (Å²) in [7, 11) is 3.82. The van der Waals surface area contributed by atoms with E-state index in [0.29, 0.717) is 43.6 Å². The molecular weight excluding hydrogens is 476 g/mol. The molecule has 4 aromatic rings. The Kier molecular flexibility index (Phi) is 6.84. The number of aromatic nitrogens is 4. The Morgan fingerprint density at radius 3 is 2.67 bits per heavy atom. The average molecular weight is 505 g/mol. The second-order valence-corrected chi connectivity index (χ2v) is 9.69. The first-order chi connectivity index (χ1) is 17.4. The normalized spacial score (nSPS) is 15.0. The van der Waals surface area contributed by atoms with Crippen LogP contribution in [0.4, 0.5) is 11.6 Å². The number of hydrogen-bond donors (Lipinski definition) is 1. The third kappa shape index (κ3) is 4.89. The number of carbonyl (C=O) groups is 1. The van der Waals surface area contributed by atoms with Crippen LogP contribution in [-0.4, -0.2) is 82.5 Å². The van der Waals surface area contributed by atoms with E-state index in [0.717, 1.165) is 33.3 Å². The zero-order valence-corrected chi connectivity index (χ0v) is 21.4. The quantitative estimate of drug-likeness (QED) is 0.426. The first-order valence-electron chi connectivity index (χ1n) is 12.0. The first-order valence-corrected chi connectivity index (χ1v) is 12.4. The lowest BCUT2D eigenvalue weighted by Crippen LogP contribution is -2.51. The van der Waals surface area contributed by atoms with Gasteiger partial charge in [-0.25, -0.2) is 15.0 Å². The predicted molar refractivity (Wildman–Crippen MR) is 143 cm³/mol. The molecule has 3 aromatic heterocycles. The summed E-state index contributed by atoms with van der Waals surface area (Å²) in [5.41, 5.74) is 3.30. The minimum absolute atomic E-state index is 0.121. The minimum atomic E-state index is -0.121. The molecule has 186 valence electrons. The van der Waals surface area contributed by atoms with Gasteiger partial charge >= 0.3 is 0 Å². The summed E-state index contributed by atoms with van der Waals surface area (Å²) in [6, 6.07) is 11.6. The van der Waals surface area contributed by atoms with Crippen LogP contribution in [0.15, 0.2) is 48.9 Å². The number of anilines is 2. The number of hydrogen-bond acceptors (Lipinski definition) is 8. The molecule has 0 bridgehead atoms. The van der Waals surface area contributed by atoms with Gasteiger partial charge in [0.1, 0.15) is 17.7 Å². The number of nitrogens with zero attached hydrogens (tertiary/aromatic N) is 7. The highest BCUT2D eigenvalue weighted by atomic mass is 35.5. The fourth-order valence-electron chi connectivity index (χ4n) is 4.56. The van der Waals surface area contributed by atoms with Crippen LogP contribution >= 0.6 is 11.6 Å². The van der Waals surface area contributed by atoms with Gasteiger partial charge < -0.3 is 20.0 Å². The summed E-state index contributed by atoms with van der Waals surface area (Å²) < 4.78 is 0. The highest BCUT2D eigenvalue weighted by Gasteiger charge is 2.26. The van der Waals surface area contributed by atoms with Crippen molar-refractivity contribution in [1.82, 2.24) is 29.7 Å². The third-order valence-electron chi connectivity index (χ3n) is 6.40. The molecule has 0 saturated carbocycles. The van der Waals surface area contributed by atoms with Crippen molar-refractivity contribution in [3.63, 3.8) is 0 Å². The lowest BCUT2D eigenvalue weighted by atomic mass is 10.0. The molecule has 1 fully saturated rings. The van der Waals surface area contributed by atoms with E-state index in [4.69, 9.17) is 16.6 Å². The minimum Gasteiger partial charge on any atom is -0.361 e. The van der Waals surface area contributed by atoms with Crippen molar-refractivity contribution in [2.45, 2.75) is 13.0 Å². The summed E-state index contributed by atoms with van der Waals surface area (Å²) in [5.74, 6) is 1.68. The molecule has 1 amide bonds. The molecular formula is C26H29ClN8O. The second kappa shape index (κ2) is 10.2. The molecule has 0 aliphatic carbocycles. The summed E-state index contributed by atoms with van der Waals surface area (Å²) >= 11 is 6.53. The van der Waals surface area contributed by atoms with Crippen molar-refractivity contribution >= 4 is 51.1 Å². The number of likely N-dealkylation sites (N-methyl/N-ethyl adjacent to an activating group) is 1. The van der Waals surface area contributed by atoms with Gasteiger partial charge in [-0.15, -0.1) is 0 Å². The molecule has 0 spiro atoms. The molecule has 1 N–H and O–H groups in total. The van der Waals surface area contributed by atoms with E-state index in [1.807, 2.05) is 54.2 Å². The van der Waals surface area contributed by atoms with Crippen molar-refractivity contribution < 1.29 is 4.79 Å². The van der Waals surface area contributed by atoms with Crippen LogP contribution in [0.25, 0.3) is 21.9 Å². The Balaban J connectivity index is 1.47. The highest BCUT2D eigenvalue weighted by Crippen LogP contribution is 2.34. The van der Waals surface area contributed by atoms with E-state index in [9.17, 15) is 4.79 Å². The highest BCUT2D eigenvalue weighted by molar-refractivity contribution is 6.35. The summed E-state index contributed by atoms with van der Waals surface area (Å²) in [6.07, 6.45) is 3.28. The zero-order chi connectivity index (χ0) is 25.2. The van der Waals surface area contributed by atoms with Gasteiger partial charge in [0.25, 0.3) is 0 Å². The SMILES string of the molecule is C[C@H](Nc1ncnc2cccnc12)c1cc2cccc(Cl)c2nc1N1CCN(C(=O)CN(C)C)CC1. The molecule has 1 aliphatic heterocycles. The molecule has 4 heterocycles. The van der Waals surface area contributed by atoms with Gasteiger partial charge in [0.05, 0.1) is 28.6 Å². The van der Waals surface area contributed by atoms with Gasteiger partial charge in [0.2, 0.25) is 5.91 Å². The average Bonchev–Trinajstić information content (AvgIpc) is 2.88. The van der Waals surface area contributed by atoms with Crippen molar-refractivity contribution in [1.29, 1.82) is 0 Å². The van der Waals surface area contributed by atoms with Gasteiger partial charge in [-0.2, -0.15) is 0 Å². The molecule has 9 nitrogen and oxygen atoms in total. The van der Waals surface area contributed by atoms with E-state index < -0.39 is 0 Å². The Bertz CT molecular complexity index is 1400. The Morgan fingerprint density at radius 2 is 1.89 bits per heavy atom. The fourth-order valence-corrected chi connectivity index (χ4v) is 4.79. The van der Waals surface area contributed by atoms with Gasteiger partial charge in [-0.05, 0) is 45.3 Å². The van der Waals surface area contributed by atoms with Crippen LogP contribution in [0.5, 0.6) is 0 Å². The van der Waals surface area contributed by atoms with Crippen molar-refractivity contribution in [3.05, 3.63) is 59.5 Å². The number of carbonyl (C=O) groups excluding carboxylic acids is 1. The number of nitrogens with one attached hydrogen (secondary N) is 1. The van der Waals surface area contributed by atoms with Crippen LogP contribution in [0.2, 0.25) is 5.02 Å². The van der Waals surface area contributed by atoms with Gasteiger partial charge in [-0.1, -0.05) is 23.7 Å². The summed E-state index contributed by atoms with van der Waals surface area (Å²) in [4.78, 5) is 36.9. The molecule has 0 unspecified atom stereocenters. The molecule has 5 rings (SSSR count). The molecule has 1 saturated heterocycles. The number of pyridine rings is 2. The van der Waals surface area contributed by atoms with Crippen molar-refractivity contribution in [2.75, 3.05) is 57.0 Å². The van der Waals surface area contributed by atoms with Crippen LogP contribution in [0, 0.1) is 0 Å². The lowest BCUT2D eigenvalue weighted by molar-refractivity contribution is -0.132. The van der Waals surface area contributed by atoms with Crippen LogP contribution < -0.4 is 10.2 Å². The molecule has 1 aromatic carbocycles. The molecule has 36 heavy (non-hydrogen) atoms. The van der Waals surface area contributed by atoms with Crippen LogP contribution in [0.3, 0.4) is 0 Å². The molecule has 0 radical (unpaired) electrons. The van der Waals surface area contributed by atoms with E-state index in [-0.39, 0.29) is 11.9 Å². The Morgan fingerprint density at radius 1 is 1.08 bits per heavy atom. The number of rotatable bonds is 6. The standard InChI is InChI=1S/C26H29ClN8O/c1-17(31-25-24-21(29-16-30-25)8-5-9-28-24)19-14-18-6-4-7-20(27)23(18)32-26(19)35-12-10-34(11-13-35)22(36)15-33(2)3/h4-9,14,16-17H,10-13,15H2,1-3H3,(H,29,30,31)/t17-/m0/s1. The summed E-state index contributed by atoms with van der Waals surface area (Å²) in [6.45, 7) is 5.19. The molecule has 10 heteroatoms. The molecule has 1 aliphatic rings. The van der Waals surface area contributed by atoms with E-state index in [2.05, 4.69) is 38.2 Å². The van der Waals surface area contributed by atoms with E-state index >= 15 is 0 Å². The third-order valence-corrected chi connectivity index (χ3v) is 6.71. The fraction of sp³-hybridized carbons (Fsp3) is 0.346. The van der Waals surface area contributed by atoms with Crippen LogP contribution in [-0.2, 0) is 4.79 Å². The largest absolute Gasteiger partial charge is 0.361 e. The smallest absolute Gasteiger partial charge is 0.236 e. The second-order valence-electron chi connectivity index (χ2n) is 9.28. The topological polar surface area (TPSA) is 90.4 Å². The van der Waals surface area contributed by atoms with E-state index in [1.54, 1.807) is 12.5 Å². The predicted octanol–water partition coefficient (Wildman–Crippen LogP) is 3.61. The number of benzene rings is 1. The maximum Gasteiger partial charge on any atom is 0.236 e. The maximum atomic E-state index is 12.6. The van der Waals surface area contributed by atoms with Gasteiger partial charge in [0.15, 0.2) is 5.82 Å². The van der Waals surface area contributed by atoms with Crippen LogP contribution in [0.1, 0.15) is 18.5 Å². The lowest BCUT2D eigenvalue weighted by Gasteiger charge is -2.37. The van der Waals surface area contributed by atoms with E-state index in [1.165, 1.54) is 0 Å². The monoisotopic (exact) mass is 504 g/mol. The summed E-state index contributed by atoms with van der Waals surface area (Å²) in [5, 5.41) is 5.12. The number of piperazine rings is 1. The van der Waals surface area contributed by atoms with Crippen molar-refractivity contribution in [3.8, 4) is 0 Å². The number of amides is 1. The van der Waals surface area contributed by atoms with Crippen molar-refractivity contribution in [2.24, 2.45) is 0 Å². The van der Waals surface area contributed by atoms with Gasteiger partial charge in [0, 0.05) is 43.3 Å². The first kappa shape index (κ1) is 24.1. The molecule has 1 atom stereocenters. The van der Waals surface area contributed by atoms with Gasteiger partial charge in [-0.3, -0.25) is 9.78 Å². The number of fused-ring (bicyclic) bond motifs is 2. The zero-order valence-electron chi connectivity index (χ0n) is 20.6. The maximum absolute atomic E-state index is 12.6. The number of halogens is 1. The Hall–Kier alpha value is -3.56. The number of para-hydroxylation sites is 1.